The molecule has 0 radical (unpaired) electrons. The predicted molar refractivity (Wildman–Crippen MR) is 104 cm³/mol. The minimum Gasteiger partial charge on any atom is -0.492 e. The van der Waals surface area contributed by atoms with Gasteiger partial charge in [-0.15, -0.1) is 5.10 Å². The van der Waals surface area contributed by atoms with E-state index in [4.69, 9.17) is 0 Å². The van der Waals surface area contributed by atoms with Gasteiger partial charge in [0.25, 0.3) is 0 Å². The minimum absolute atomic E-state index is 0.134. The number of nitrogens with zero attached hydrogens (tertiary/aromatic N) is 5. The van der Waals surface area contributed by atoms with Crippen LogP contribution in [0.1, 0.15) is 36.2 Å². The summed E-state index contributed by atoms with van der Waals surface area (Å²) in [6, 6.07) is 6.43. The van der Waals surface area contributed by atoms with Crippen molar-refractivity contribution in [2.75, 3.05) is 32.7 Å². The lowest BCUT2D eigenvalue weighted by Crippen LogP contribution is -2.47. The van der Waals surface area contributed by atoms with Crippen molar-refractivity contribution in [1.82, 2.24) is 24.4 Å². The Kier molecular flexibility index (Phi) is 5.12. The van der Waals surface area contributed by atoms with Gasteiger partial charge >= 0.3 is 0 Å². The summed E-state index contributed by atoms with van der Waals surface area (Å²) in [4.78, 5) is 10.8. The van der Waals surface area contributed by atoms with Gasteiger partial charge in [0.15, 0.2) is 5.82 Å². The van der Waals surface area contributed by atoms with E-state index in [2.05, 4.69) is 26.8 Å². The van der Waals surface area contributed by atoms with Gasteiger partial charge in [0.05, 0.1) is 10.9 Å². The summed E-state index contributed by atoms with van der Waals surface area (Å²) in [6.45, 7) is 8.95. The molecule has 1 unspecified atom stereocenters. The summed E-state index contributed by atoms with van der Waals surface area (Å²) >= 11 is 1.46. The van der Waals surface area contributed by atoms with Crippen LogP contribution in [0.3, 0.4) is 0 Å². The third-order valence-electron chi connectivity index (χ3n) is 5.21. The Morgan fingerprint density at radius 1 is 1.15 bits per heavy atom. The SMILES string of the molecule is CCc1nc2sc(C(c3ccc(F)cc3)N3CCN(CC)CC3)c(O)n2n1. The summed E-state index contributed by atoms with van der Waals surface area (Å²) < 4.78 is 15.0. The first kappa shape index (κ1) is 18.3. The molecule has 27 heavy (non-hydrogen) atoms. The van der Waals surface area contributed by atoms with Gasteiger partial charge in [0.1, 0.15) is 5.82 Å². The molecule has 2 aromatic heterocycles. The average molecular weight is 390 g/mol. The van der Waals surface area contributed by atoms with E-state index in [1.54, 1.807) is 12.1 Å². The molecule has 1 aliphatic heterocycles. The molecule has 144 valence electrons. The smallest absolute Gasteiger partial charge is 0.230 e. The molecule has 8 heteroatoms. The van der Waals surface area contributed by atoms with Gasteiger partial charge in [-0.25, -0.2) is 9.37 Å². The number of hydrogen-bond donors (Lipinski definition) is 1. The molecule has 1 aromatic carbocycles. The van der Waals surface area contributed by atoms with E-state index in [0.717, 1.165) is 55.4 Å². The second-order valence-corrected chi connectivity index (χ2v) is 7.80. The fourth-order valence-electron chi connectivity index (χ4n) is 3.63. The molecule has 0 saturated carbocycles. The monoisotopic (exact) mass is 389 g/mol. The molecule has 0 aliphatic carbocycles. The van der Waals surface area contributed by atoms with Gasteiger partial charge < -0.3 is 10.0 Å². The maximum absolute atomic E-state index is 13.5. The van der Waals surface area contributed by atoms with E-state index in [-0.39, 0.29) is 17.7 Å². The maximum atomic E-state index is 13.5. The molecular formula is C19H24FN5OS. The highest BCUT2D eigenvalue weighted by Crippen LogP contribution is 2.40. The molecule has 0 bridgehead atoms. The predicted octanol–water partition coefficient (Wildman–Crippen LogP) is 2.92. The lowest BCUT2D eigenvalue weighted by atomic mass is 10.0. The summed E-state index contributed by atoms with van der Waals surface area (Å²) in [5.74, 6) is 0.597. The largest absolute Gasteiger partial charge is 0.492 e. The Morgan fingerprint density at radius 3 is 2.44 bits per heavy atom. The Bertz CT molecular complexity index is 914. The number of aryl methyl sites for hydroxylation is 1. The van der Waals surface area contributed by atoms with Crippen molar-refractivity contribution in [3.8, 4) is 5.88 Å². The number of hydrogen-bond acceptors (Lipinski definition) is 6. The lowest BCUT2D eigenvalue weighted by molar-refractivity contribution is 0.113. The quantitative estimate of drug-likeness (QED) is 0.727. The van der Waals surface area contributed by atoms with Crippen molar-refractivity contribution in [3.05, 3.63) is 46.3 Å². The third kappa shape index (κ3) is 3.44. The Labute approximate surface area is 161 Å². The van der Waals surface area contributed by atoms with E-state index in [9.17, 15) is 9.50 Å². The van der Waals surface area contributed by atoms with Crippen molar-refractivity contribution in [2.24, 2.45) is 0 Å². The Hall–Kier alpha value is -2.03. The maximum Gasteiger partial charge on any atom is 0.230 e. The Balaban J connectivity index is 1.74. The molecule has 1 N–H and O–H groups in total. The molecular weight excluding hydrogens is 365 g/mol. The van der Waals surface area contributed by atoms with Gasteiger partial charge in [-0.05, 0) is 24.2 Å². The molecule has 1 saturated heterocycles. The van der Waals surface area contributed by atoms with Gasteiger partial charge in [-0.2, -0.15) is 4.52 Å². The number of aromatic nitrogens is 3. The standard InChI is InChI=1S/C19H24FN5OS/c1-3-15-21-19-25(22-15)18(26)17(27-19)16(13-5-7-14(20)8-6-13)24-11-9-23(4-2)10-12-24/h5-8,16,26H,3-4,9-12H2,1-2H3. The van der Waals surface area contributed by atoms with Crippen LogP contribution in [0, 0.1) is 5.82 Å². The first-order valence-corrected chi connectivity index (χ1v) is 10.2. The third-order valence-corrected chi connectivity index (χ3v) is 6.29. The summed E-state index contributed by atoms with van der Waals surface area (Å²) in [7, 11) is 0. The fourth-order valence-corrected chi connectivity index (χ4v) is 4.77. The number of likely N-dealkylation sites (N-methyl/N-ethyl adjacent to an activating group) is 1. The van der Waals surface area contributed by atoms with E-state index in [1.807, 2.05) is 6.92 Å². The van der Waals surface area contributed by atoms with Gasteiger partial charge in [0, 0.05) is 32.6 Å². The minimum atomic E-state index is -0.257. The number of rotatable bonds is 5. The van der Waals surface area contributed by atoms with E-state index in [0.29, 0.717) is 4.96 Å². The zero-order valence-corrected chi connectivity index (χ0v) is 16.4. The lowest BCUT2D eigenvalue weighted by Gasteiger charge is -2.38. The van der Waals surface area contributed by atoms with Crippen molar-refractivity contribution in [1.29, 1.82) is 0 Å². The van der Waals surface area contributed by atoms with E-state index in [1.165, 1.54) is 28.0 Å². The highest BCUT2D eigenvalue weighted by molar-refractivity contribution is 7.17. The number of thiazole rings is 1. The van der Waals surface area contributed by atoms with Gasteiger partial charge in [-0.3, -0.25) is 4.90 Å². The molecule has 0 spiro atoms. The number of benzene rings is 1. The van der Waals surface area contributed by atoms with E-state index >= 15 is 0 Å². The number of aromatic hydroxyl groups is 1. The molecule has 4 rings (SSSR count). The fraction of sp³-hybridized carbons (Fsp3) is 0.474. The van der Waals surface area contributed by atoms with Crippen molar-refractivity contribution < 1.29 is 9.50 Å². The van der Waals surface area contributed by atoms with Crippen LogP contribution in [-0.2, 0) is 6.42 Å². The van der Waals surface area contributed by atoms with Crippen LogP contribution in [0.5, 0.6) is 5.88 Å². The van der Waals surface area contributed by atoms with Crippen LogP contribution in [0.4, 0.5) is 4.39 Å². The zero-order valence-electron chi connectivity index (χ0n) is 15.6. The molecule has 1 fully saturated rings. The topological polar surface area (TPSA) is 56.9 Å². The molecule has 1 aliphatic rings. The molecule has 1 atom stereocenters. The summed E-state index contributed by atoms with van der Waals surface area (Å²) in [6.07, 6.45) is 0.726. The van der Waals surface area contributed by atoms with E-state index < -0.39 is 0 Å². The van der Waals surface area contributed by atoms with Crippen molar-refractivity contribution in [2.45, 2.75) is 26.3 Å². The zero-order chi connectivity index (χ0) is 19.0. The summed E-state index contributed by atoms with van der Waals surface area (Å²) in [5.41, 5.74) is 0.969. The number of halogens is 1. The second kappa shape index (κ2) is 7.53. The van der Waals surface area contributed by atoms with Crippen LogP contribution in [-0.4, -0.2) is 62.2 Å². The first-order valence-electron chi connectivity index (χ1n) is 9.39. The van der Waals surface area contributed by atoms with Crippen LogP contribution in [0.25, 0.3) is 4.96 Å². The van der Waals surface area contributed by atoms with Gasteiger partial charge in [-0.1, -0.05) is 37.3 Å². The molecule has 3 aromatic rings. The summed E-state index contributed by atoms with van der Waals surface area (Å²) in [5, 5.41) is 15.3. The van der Waals surface area contributed by atoms with Crippen LogP contribution >= 0.6 is 11.3 Å². The highest BCUT2D eigenvalue weighted by atomic mass is 32.1. The van der Waals surface area contributed by atoms with Crippen LogP contribution in [0.15, 0.2) is 24.3 Å². The highest BCUT2D eigenvalue weighted by Gasteiger charge is 2.31. The van der Waals surface area contributed by atoms with Crippen molar-refractivity contribution >= 4 is 16.3 Å². The second-order valence-electron chi connectivity index (χ2n) is 6.79. The molecule has 3 heterocycles. The average Bonchev–Trinajstić information content (AvgIpc) is 3.23. The Morgan fingerprint density at radius 2 is 1.85 bits per heavy atom. The first-order chi connectivity index (χ1) is 13.1. The molecule has 0 amide bonds. The van der Waals surface area contributed by atoms with Crippen LogP contribution < -0.4 is 0 Å². The van der Waals surface area contributed by atoms with Crippen LogP contribution in [0.2, 0.25) is 0 Å². The molecule has 6 nitrogen and oxygen atoms in total. The normalized spacial score (nSPS) is 17.6. The number of fused-ring (bicyclic) bond motifs is 1. The number of piperazine rings is 1. The van der Waals surface area contributed by atoms with Crippen molar-refractivity contribution in [3.63, 3.8) is 0 Å². The van der Waals surface area contributed by atoms with Gasteiger partial charge in [0.2, 0.25) is 10.8 Å².